The smallest absolute Gasteiger partial charge is 0.313 e. The molecule has 2 aromatic heterocycles. The van der Waals surface area contributed by atoms with Crippen LogP contribution in [0.25, 0.3) is 0 Å². The monoisotopic (exact) mass is 444 g/mol. The molecular weight excluding hydrogens is 420 g/mol. The molecule has 0 aromatic carbocycles. The van der Waals surface area contributed by atoms with Gasteiger partial charge in [-0.25, -0.2) is 4.98 Å². The molecule has 0 aliphatic carbocycles. The Balaban J connectivity index is 1.83. The highest BCUT2D eigenvalue weighted by Crippen LogP contribution is 2.39. The van der Waals surface area contributed by atoms with E-state index in [1.165, 1.54) is 41.8 Å². The Morgan fingerprint density at radius 2 is 2.10 bits per heavy atom. The zero-order chi connectivity index (χ0) is 22.7. The van der Waals surface area contributed by atoms with E-state index in [0.29, 0.717) is 23.5 Å². The van der Waals surface area contributed by atoms with Crippen molar-refractivity contribution in [3.63, 3.8) is 0 Å². The van der Waals surface area contributed by atoms with Gasteiger partial charge in [0.15, 0.2) is 0 Å². The van der Waals surface area contributed by atoms with Crippen molar-refractivity contribution in [2.45, 2.75) is 25.8 Å². The summed E-state index contributed by atoms with van der Waals surface area (Å²) in [5, 5.41) is 10.4. The third-order valence-electron chi connectivity index (χ3n) is 5.13. The summed E-state index contributed by atoms with van der Waals surface area (Å²) in [5.41, 5.74) is 12.0. The fraction of sp³-hybridized carbons (Fsp3) is 0.350. The molecular formula is C20H24N6O4S. The molecule has 1 aliphatic heterocycles. The standard InChI is InChI=1S/C20H24N6O4S/c1-10-3-4-14(15-5-11(7-21)17(23)31-15)26(9-10)20(29)18(28)25-12-6-13(16(22)27)19(30-2)24-8-12/h5-8,10,14,21H,3-4,9,23H2,1-2H3,(H2,22,27)(H,25,28)/t10-,14+/m1/s1. The number of nitrogens with one attached hydrogen (secondary N) is 2. The van der Waals surface area contributed by atoms with Crippen LogP contribution >= 0.6 is 11.3 Å². The molecule has 1 aliphatic rings. The van der Waals surface area contributed by atoms with Crippen LogP contribution < -0.4 is 21.5 Å². The van der Waals surface area contributed by atoms with Gasteiger partial charge in [-0.1, -0.05) is 6.92 Å². The molecule has 31 heavy (non-hydrogen) atoms. The highest BCUT2D eigenvalue weighted by Gasteiger charge is 2.35. The number of hydrogen-bond acceptors (Lipinski definition) is 8. The van der Waals surface area contributed by atoms with Gasteiger partial charge in [0.25, 0.3) is 5.91 Å². The third kappa shape index (κ3) is 4.66. The second-order valence-corrected chi connectivity index (χ2v) is 8.48. The van der Waals surface area contributed by atoms with Crippen molar-refractivity contribution < 1.29 is 19.1 Å². The van der Waals surface area contributed by atoms with E-state index in [1.807, 2.05) is 6.92 Å². The molecule has 0 spiro atoms. The van der Waals surface area contributed by atoms with E-state index < -0.39 is 17.7 Å². The van der Waals surface area contributed by atoms with E-state index in [4.69, 9.17) is 21.6 Å². The van der Waals surface area contributed by atoms with Gasteiger partial charge in [-0.05, 0) is 30.9 Å². The lowest BCUT2D eigenvalue weighted by molar-refractivity contribution is -0.146. The fourth-order valence-corrected chi connectivity index (χ4v) is 4.62. The van der Waals surface area contributed by atoms with Crippen molar-refractivity contribution in [2.24, 2.45) is 11.7 Å². The topological polar surface area (TPSA) is 164 Å². The number of rotatable bonds is 5. The van der Waals surface area contributed by atoms with Crippen LogP contribution in [-0.2, 0) is 9.59 Å². The van der Waals surface area contributed by atoms with Gasteiger partial charge in [0, 0.05) is 23.2 Å². The number of carbonyl (C=O) groups excluding carboxylic acids is 3. The van der Waals surface area contributed by atoms with Crippen LogP contribution in [0.3, 0.4) is 0 Å². The van der Waals surface area contributed by atoms with Gasteiger partial charge >= 0.3 is 11.8 Å². The number of nitrogens with two attached hydrogens (primary N) is 2. The number of piperidine rings is 1. The Kier molecular flexibility index (Phi) is 6.54. The quantitative estimate of drug-likeness (QED) is 0.405. The lowest BCUT2D eigenvalue weighted by atomic mass is 9.93. The molecule has 0 bridgehead atoms. The van der Waals surface area contributed by atoms with E-state index in [-0.39, 0.29) is 29.1 Å². The number of carbonyl (C=O) groups is 3. The molecule has 2 aromatic rings. The van der Waals surface area contributed by atoms with Crippen molar-refractivity contribution in [1.29, 1.82) is 5.41 Å². The van der Waals surface area contributed by atoms with E-state index in [0.717, 1.165) is 11.3 Å². The Morgan fingerprint density at radius 1 is 1.35 bits per heavy atom. The maximum Gasteiger partial charge on any atom is 0.313 e. The van der Waals surface area contributed by atoms with Crippen molar-refractivity contribution in [3.05, 3.63) is 34.3 Å². The second kappa shape index (κ2) is 9.13. The normalized spacial score (nSPS) is 18.3. The van der Waals surface area contributed by atoms with Crippen molar-refractivity contribution >= 4 is 46.0 Å². The molecule has 3 amide bonds. The molecule has 6 N–H and O–H groups in total. The SMILES string of the molecule is COc1ncc(NC(=O)C(=O)N2C[C@H](C)CC[C@H]2c2cc(C=N)c(N)s2)cc1C(N)=O. The number of aromatic nitrogens is 1. The molecule has 10 nitrogen and oxygen atoms in total. The van der Waals surface area contributed by atoms with Crippen LogP contribution in [0.2, 0.25) is 0 Å². The Hall–Kier alpha value is -3.47. The first kappa shape index (κ1) is 22.2. The molecule has 164 valence electrons. The summed E-state index contributed by atoms with van der Waals surface area (Å²) in [5.74, 6) is -2.06. The number of pyridine rings is 1. The van der Waals surface area contributed by atoms with Crippen LogP contribution in [0.4, 0.5) is 10.7 Å². The van der Waals surface area contributed by atoms with Gasteiger partial charge in [0.1, 0.15) is 5.56 Å². The maximum absolute atomic E-state index is 13.0. The van der Waals surface area contributed by atoms with Crippen molar-refractivity contribution in [1.82, 2.24) is 9.88 Å². The van der Waals surface area contributed by atoms with Crippen molar-refractivity contribution in [3.8, 4) is 5.88 Å². The summed E-state index contributed by atoms with van der Waals surface area (Å²) >= 11 is 1.32. The van der Waals surface area contributed by atoms with Crippen LogP contribution in [0, 0.1) is 11.3 Å². The largest absolute Gasteiger partial charge is 0.480 e. The molecule has 1 fully saturated rings. The molecule has 3 heterocycles. The van der Waals surface area contributed by atoms with E-state index in [2.05, 4.69) is 10.3 Å². The molecule has 0 radical (unpaired) electrons. The number of primary amides is 1. The Labute approximate surface area is 183 Å². The summed E-state index contributed by atoms with van der Waals surface area (Å²) < 4.78 is 4.98. The number of amides is 3. The Morgan fingerprint density at radius 3 is 2.71 bits per heavy atom. The minimum absolute atomic E-state index is 0.00884. The second-order valence-electron chi connectivity index (χ2n) is 7.37. The lowest BCUT2D eigenvalue weighted by Crippen LogP contribution is -2.46. The first-order valence-corrected chi connectivity index (χ1v) is 10.4. The van der Waals surface area contributed by atoms with Crippen molar-refractivity contribution in [2.75, 3.05) is 24.7 Å². The van der Waals surface area contributed by atoms with Crippen LogP contribution in [0.15, 0.2) is 18.3 Å². The molecule has 2 atom stereocenters. The zero-order valence-electron chi connectivity index (χ0n) is 17.2. The van der Waals surface area contributed by atoms with Gasteiger partial charge in [0.05, 0.1) is 30.0 Å². The first-order valence-electron chi connectivity index (χ1n) is 9.60. The number of likely N-dealkylation sites (tertiary alicyclic amines) is 1. The molecule has 3 rings (SSSR count). The number of anilines is 2. The lowest BCUT2D eigenvalue weighted by Gasteiger charge is -2.37. The average Bonchev–Trinajstić information content (AvgIpc) is 3.13. The van der Waals surface area contributed by atoms with Crippen LogP contribution in [-0.4, -0.2) is 47.5 Å². The van der Waals surface area contributed by atoms with Gasteiger partial charge < -0.3 is 31.8 Å². The van der Waals surface area contributed by atoms with Gasteiger partial charge in [-0.2, -0.15) is 0 Å². The fourth-order valence-electron chi connectivity index (χ4n) is 3.56. The van der Waals surface area contributed by atoms with E-state index >= 15 is 0 Å². The predicted molar refractivity (Wildman–Crippen MR) is 117 cm³/mol. The number of ether oxygens (including phenoxy) is 1. The molecule has 0 saturated carbocycles. The highest BCUT2D eigenvalue weighted by atomic mass is 32.1. The van der Waals surface area contributed by atoms with Gasteiger partial charge in [-0.3, -0.25) is 14.4 Å². The highest BCUT2D eigenvalue weighted by molar-refractivity contribution is 7.16. The van der Waals surface area contributed by atoms with Gasteiger partial charge in [-0.15, -0.1) is 11.3 Å². The molecule has 11 heteroatoms. The summed E-state index contributed by atoms with van der Waals surface area (Å²) in [4.78, 5) is 43.7. The zero-order valence-corrected chi connectivity index (χ0v) is 18.0. The number of hydrogen-bond donors (Lipinski definition) is 4. The summed E-state index contributed by atoms with van der Waals surface area (Å²) in [7, 11) is 1.34. The number of nitrogens with zero attached hydrogens (tertiary/aromatic N) is 2. The summed E-state index contributed by atoms with van der Waals surface area (Å²) in [6.45, 7) is 2.44. The number of nitrogen functional groups attached to an aromatic ring is 1. The van der Waals surface area contributed by atoms with E-state index in [1.54, 1.807) is 6.07 Å². The predicted octanol–water partition coefficient (Wildman–Crippen LogP) is 1.77. The molecule has 1 saturated heterocycles. The van der Waals surface area contributed by atoms with Gasteiger partial charge in [0.2, 0.25) is 5.88 Å². The average molecular weight is 445 g/mol. The summed E-state index contributed by atoms with van der Waals surface area (Å²) in [6.07, 6.45) is 4.04. The minimum atomic E-state index is -0.849. The molecule has 0 unspecified atom stereocenters. The third-order valence-corrected chi connectivity index (χ3v) is 6.22. The number of thiophene rings is 1. The minimum Gasteiger partial charge on any atom is -0.480 e. The summed E-state index contributed by atoms with van der Waals surface area (Å²) in [6, 6.07) is 2.80. The van der Waals surface area contributed by atoms with Crippen LogP contribution in [0.5, 0.6) is 5.88 Å². The number of methoxy groups -OCH3 is 1. The first-order chi connectivity index (χ1) is 14.7. The van der Waals surface area contributed by atoms with E-state index in [9.17, 15) is 14.4 Å². The maximum atomic E-state index is 13.0. The van der Waals surface area contributed by atoms with Crippen LogP contribution in [0.1, 0.15) is 46.6 Å². The Bertz CT molecular complexity index is 1040.